The van der Waals surface area contributed by atoms with Crippen molar-refractivity contribution in [2.45, 2.75) is 38.1 Å². The van der Waals surface area contributed by atoms with Crippen molar-refractivity contribution >= 4 is 12.0 Å². The van der Waals surface area contributed by atoms with Gasteiger partial charge in [0.15, 0.2) is 11.5 Å². The lowest BCUT2D eigenvalue weighted by Crippen LogP contribution is -2.27. The zero-order chi connectivity index (χ0) is 19.1. The number of benzene rings is 1. The molecular weight excluding hydrogens is 340 g/mol. The molecule has 1 aromatic carbocycles. The summed E-state index contributed by atoms with van der Waals surface area (Å²) in [6.07, 6.45) is 11.0. The minimum absolute atomic E-state index is 0.125. The summed E-state index contributed by atoms with van der Waals surface area (Å²) in [6, 6.07) is 11.5. The summed E-state index contributed by atoms with van der Waals surface area (Å²) in [7, 11) is 3.19. The van der Waals surface area contributed by atoms with Gasteiger partial charge in [0, 0.05) is 12.3 Å². The van der Waals surface area contributed by atoms with E-state index in [0.717, 1.165) is 18.4 Å². The third-order valence-electron chi connectivity index (χ3n) is 4.79. The van der Waals surface area contributed by atoms with E-state index in [1.54, 1.807) is 37.1 Å². The summed E-state index contributed by atoms with van der Waals surface area (Å²) >= 11 is 0. The first-order valence-corrected chi connectivity index (χ1v) is 9.37. The van der Waals surface area contributed by atoms with Crippen LogP contribution in [-0.2, 0) is 0 Å². The molecule has 0 bridgehead atoms. The van der Waals surface area contributed by atoms with E-state index in [0.29, 0.717) is 23.0 Å². The lowest BCUT2D eigenvalue weighted by Gasteiger charge is -2.17. The molecule has 1 saturated carbocycles. The fourth-order valence-corrected chi connectivity index (χ4v) is 3.33. The quantitative estimate of drug-likeness (QED) is 0.749. The normalized spacial score (nSPS) is 15.9. The predicted octanol–water partition coefficient (Wildman–Crippen LogP) is 4.09. The second kappa shape index (κ2) is 9.21. The van der Waals surface area contributed by atoms with Gasteiger partial charge < -0.3 is 9.47 Å². The van der Waals surface area contributed by atoms with Crippen LogP contribution in [0.4, 0.5) is 0 Å². The molecular formula is C22H26N2O3. The van der Waals surface area contributed by atoms with Crippen molar-refractivity contribution < 1.29 is 14.3 Å². The standard InChI is InChI=1S/C22H26N2O3/c1-26-19-13-11-17(16-20(19)27-2)12-14-22(25)24-15-7-6-10-21(24)23-18-8-4-3-5-9-18/h6-7,10-16,18H,3-5,8-9H2,1-2H3/b14-12+,23-21?. The first-order chi connectivity index (χ1) is 13.2. The minimum atomic E-state index is -0.125. The van der Waals surface area contributed by atoms with Gasteiger partial charge in [0.2, 0.25) is 0 Å². The molecule has 0 aliphatic heterocycles. The van der Waals surface area contributed by atoms with Gasteiger partial charge in [-0.1, -0.05) is 31.4 Å². The molecule has 0 amide bonds. The van der Waals surface area contributed by atoms with Gasteiger partial charge in [-0.15, -0.1) is 0 Å². The molecule has 0 N–H and O–H groups in total. The maximum absolute atomic E-state index is 12.7. The number of aromatic nitrogens is 1. The number of hydrogen-bond donors (Lipinski definition) is 0. The monoisotopic (exact) mass is 366 g/mol. The number of rotatable bonds is 5. The van der Waals surface area contributed by atoms with Gasteiger partial charge in [0.05, 0.1) is 20.3 Å². The van der Waals surface area contributed by atoms with Crippen LogP contribution in [0.3, 0.4) is 0 Å². The molecule has 0 radical (unpaired) electrons. The van der Waals surface area contributed by atoms with Gasteiger partial charge in [0.1, 0.15) is 5.49 Å². The zero-order valence-corrected chi connectivity index (χ0v) is 15.9. The molecule has 0 unspecified atom stereocenters. The fraction of sp³-hybridized carbons (Fsp3) is 0.364. The van der Waals surface area contributed by atoms with Crippen LogP contribution in [0.5, 0.6) is 11.5 Å². The molecule has 27 heavy (non-hydrogen) atoms. The molecule has 1 aliphatic carbocycles. The summed E-state index contributed by atoms with van der Waals surface area (Å²) in [5, 5.41) is 0. The average Bonchev–Trinajstić information content (AvgIpc) is 2.73. The molecule has 2 aromatic rings. The molecule has 1 heterocycles. The molecule has 1 aromatic heterocycles. The molecule has 0 atom stereocenters. The Hall–Kier alpha value is -2.82. The lowest BCUT2D eigenvalue weighted by molar-refractivity contribution is 0.0964. The minimum Gasteiger partial charge on any atom is -0.493 e. The van der Waals surface area contributed by atoms with Crippen molar-refractivity contribution in [3.05, 3.63) is 59.7 Å². The van der Waals surface area contributed by atoms with Gasteiger partial charge in [-0.3, -0.25) is 14.4 Å². The second-order valence-corrected chi connectivity index (χ2v) is 6.64. The van der Waals surface area contributed by atoms with Crippen molar-refractivity contribution in [3.8, 4) is 11.5 Å². The first kappa shape index (κ1) is 19.0. The van der Waals surface area contributed by atoms with Gasteiger partial charge in [-0.05, 0) is 48.7 Å². The fourth-order valence-electron chi connectivity index (χ4n) is 3.33. The molecule has 5 heteroatoms. The number of methoxy groups -OCH3 is 2. The Bertz CT molecular complexity index is 877. The smallest absolute Gasteiger partial charge is 0.256 e. The van der Waals surface area contributed by atoms with Crippen LogP contribution in [0.15, 0.2) is 53.7 Å². The largest absolute Gasteiger partial charge is 0.493 e. The second-order valence-electron chi connectivity index (χ2n) is 6.64. The predicted molar refractivity (Wildman–Crippen MR) is 106 cm³/mol. The highest BCUT2D eigenvalue weighted by atomic mass is 16.5. The van der Waals surface area contributed by atoms with E-state index < -0.39 is 0 Å². The maximum Gasteiger partial charge on any atom is 0.256 e. The van der Waals surface area contributed by atoms with Crippen molar-refractivity contribution in [3.63, 3.8) is 0 Å². The Kier molecular flexibility index (Phi) is 6.47. The highest BCUT2D eigenvalue weighted by molar-refractivity contribution is 5.93. The zero-order valence-electron chi connectivity index (χ0n) is 15.9. The Morgan fingerprint density at radius 1 is 1.07 bits per heavy atom. The number of nitrogens with zero attached hydrogens (tertiary/aromatic N) is 2. The van der Waals surface area contributed by atoms with Crippen LogP contribution in [0, 0.1) is 0 Å². The van der Waals surface area contributed by atoms with Crippen molar-refractivity contribution in [2.24, 2.45) is 4.99 Å². The summed E-state index contributed by atoms with van der Waals surface area (Å²) < 4.78 is 12.2. The van der Waals surface area contributed by atoms with Gasteiger partial charge >= 0.3 is 0 Å². The van der Waals surface area contributed by atoms with Crippen LogP contribution in [0.1, 0.15) is 42.5 Å². The van der Waals surface area contributed by atoms with Crippen molar-refractivity contribution in [2.75, 3.05) is 14.2 Å². The number of carbonyl (C=O) groups excluding carboxylic acids is 1. The Morgan fingerprint density at radius 3 is 2.59 bits per heavy atom. The van der Waals surface area contributed by atoms with E-state index in [1.807, 2.05) is 36.4 Å². The van der Waals surface area contributed by atoms with Gasteiger partial charge in [0.25, 0.3) is 5.91 Å². The van der Waals surface area contributed by atoms with Gasteiger partial charge in [-0.2, -0.15) is 0 Å². The molecule has 1 aliphatic rings. The molecule has 1 fully saturated rings. The van der Waals surface area contributed by atoms with E-state index in [4.69, 9.17) is 14.5 Å². The van der Waals surface area contributed by atoms with Crippen molar-refractivity contribution in [1.82, 2.24) is 4.57 Å². The first-order valence-electron chi connectivity index (χ1n) is 9.37. The highest BCUT2D eigenvalue weighted by Crippen LogP contribution is 2.28. The van der Waals surface area contributed by atoms with E-state index in [1.165, 1.54) is 19.3 Å². The van der Waals surface area contributed by atoms with Crippen molar-refractivity contribution in [1.29, 1.82) is 0 Å². The number of hydrogen-bond acceptors (Lipinski definition) is 4. The number of ether oxygens (including phenoxy) is 2. The summed E-state index contributed by atoms with van der Waals surface area (Å²) in [6.45, 7) is 0. The van der Waals surface area contributed by atoms with E-state index >= 15 is 0 Å². The number of pyridine rings is 1. The SMILES string of the molecule is COc1ccc(/C=C/C(=O)n2ccccc2=NC2CCCCC2)cc1OC. The Morgan fingerprint density at radius 2 is 1.85 bits per heavy atom. The Balaban J connectivity index is 1.82. The van der Waals surface area contributed by atoms with Crippen LogP contribution in [-0.4, -0.2) is 30.7 Å². The summed E-state index contributed by atoms with van der Waals surface area (Å²) in [5.41, 5.74) is 1.58. The molecule has 0 spiro atoms. The van der Waals surface area contributed by atoms with Crippen LogP contribution in [0.25, 0.3) is 6.08 Å². The average molecular weight is 366 g/mol. The molecule has 142 valence electrons. The maximum atomic E-state index is 12.7. The third kappa shape index (κ3) is 4.88. The molecule has 3 rings (SSSR count). The van der Waals surface area contributed by atoms with E-state index in [-0.39, 0.29) is 5.91 Å². The summed E-state index contributed by atoms with van der Waals surface area (Å²) in [4.78, 5) is 17.5. The van der Waals surface area contributed by atoms with Crippen LogP contribution in [0.2, 0.25) is 0 Å². The number of carbonyl (C=O) groups is 1. The molecule has 0 saturated heterocycles. The lowest BCUT2D eigenvalue weighted by atomic mass is 9.96. The van der Waals surface area contributed by atoms with Crippen LogP contribution < -0.4 is 15.0 Å². The van der Waals surface area contributed by atoms with E-state index in [2.05, 4.69) is 0 Å². The topological polar surface area (TPSA) is 52.8 Å². The van der Waals surface area contributed by atoms with Gasteiger partial charge in [-0.25, -0.2) is 0 Å². The Labute approximate surface area is 160 Å². The summed E-state index contributed by atoms with van der Waals surface area (Å²) in [5.74, 6) is 1.17. The highest BCUT2D eigenvalue weighted by Gasteiger charge is 2.12. The van der Waals surface area contributed by atoms with Crippen LogP contribution >= 0.6 is 0 Å². The number of allylic oxidation sites excluding steroid dienone is 1. The third-order valence-corrected chi connectivity index (χ3v) is 4.79. The van der Waals surface area contributed by atoms with E-state index in [9.17, 15) is 4.79 Å². The molecule has 5 nitrogen and oxygen atoms in total.